The van der Waals surface area contributed by atoms with Crippen molar-refractivity contribution in [3.63, 3.8) is 0 Å². The van der Waals surface area contributed by atoms with Gasteiger partial charge in [-0.15, -0.1) is 0 Å². The van der Waals surface area contributed by atoms with E-state index >= 15 is 0 Å². The van der Waals surface area contributed by atoms with Gasteiger partial charge in [0.2, 0.25) is 10.0 Å². The van der Waals surface area contributed by atoms with Crippen LogP contribution in [0.2, 0.25) is 0 Å². The molecule has 0 saturated carbocycles. The average Bonchev–Trinajstić information content (AvgIpc) is 2.73. The number of piperazine rings is 1. The van der Waals surface area contributed by atoms with Crippen LogP contribution in [0, 0.1) is 5.92 Å². The minimum atomic E-state index is -4.79. The summed E-state index contributed by atoms with van der Waals surface area (Å²) in [4.78, 5) is 2.59. The van der Waals surface area contributed by atoms with E-state index in [1.807, 2.05) is 24.8 Å². The lowest BCUT2D eigenvalue weighted by Crippen LogP contribution is -2.55. The van der Waals surface area contributed by atoms with Crippen molar-refractivity contribution < 1.29 is 26.7 Å². The van der Waals surface area contributed by atoms with Crippen molar-refractivity contribution in [2.24, 2.45) is 5.92 Å². The van der Waals surface area contributed by atoms with Crippen molar-refractivity contribution in [2.45, 2.75) is 51.4 Å². The molecule has 1 aromatic rings. The molecule has 0 spiro atoms. The third-order valence-corrected chi connectivity index (χ3v) is 8.55. The summed E-state index contributed by atoms with van der Waals surface area (Å²) in [6.07, 6.45) is 1.39. The lowest BCUT2D eigenvalue weighted by atomic mass is 9.94. The first-order valence-electron chi connectivity index (χ1n) is 10.8. The maximum Gasteiger partial charge on any atom is 0.421 e. The number of aliphatic hydroxyl groups is 1. The van der Waals surface area contributed by atoms with E-state index in [0.29, 0.717) is 29.9 Å². The van der Waals surface area contributed by atoms with Gasteiger partial charge in [-0.25, -0.2) is 8.42 Å². The molecule has 1 aromatic carbocycles. The number of hydrogen-bond acceptors (Lipinski definition) is 5. The van der Waals surface area contributed by atoms with Crippen LogP contribution in [0.3, 0.4) is 0 Å². The van der Waals surface area contributed by atoms with Crippen molar-refractivity contribution in [2.75, 3.05) is 24.5 Å². The fourth-order valence-corrected chi connectivity index (χ4v) is 6.24. The molecule has 1 aliphatic carbocycles. The molecule has 10 heteroatoms. The first-order chi connectivity index (χ1) is 15.2. The fraction of sp³-hybridized carbons (Fsp3) is 0.522. The van der Waals surface area contributed by atoms with Gasteiger partial charge in [-0.1, -0.05) is 50.4 Å². The summed E-state index contributed by atoms with van der Waals surface area (Å²) in [6, 6.07) is 5.50. The number of hydrogen-bond donors (Lipinski definition) is 1. The van der Waals surface area contributed by atoms with Crippen LogP contribution in [0.15, 0.2) is 47.4 Å². The molecule has 0 aromatic heterocycles. The first kappa shape index (κ1) is 25.9. The molecule has 1 fully saturated rings. The molecule has 1 N–H and O–H groups in total. The second-order valence-electron chi connectivity index (χ2n) is 9.04. The number of thiocarbonyl (C=S) groups is 1. The number of halogens is 3. The van der Waals surface area contributed by atoms with E-state index in [1.54, 1.807) is 18.2 Å². The molecule has 1 aliphatic heterocycles. The molecular weight excluding hydrogens is 473 g/mol. The highest BCUT2D eigenvalue weighted by molar-refractivity contribution is 7.96. The largest absolute Gasteiger partial charge is 0.421 e. The number of rotatable bonds is 6. The van der Waals surface area contributed by atoms with E-state index in [1.165, 1.54) is 22.5 Å². The molecule has 2 aliphatic rings. The van der Waals surface area contributed by atoms with Crippen LogP contribution in [0.1, 0.15) is 39.2 Å². The van der Waals surface area contributed by atoms with Gasteiger partial charge in [0, 0.05) is 42.6 Å². The standard InChI is InChI=1S/C23H29F3N2O3S2/c1-16(2)14-19-15-27(33(30,31)21-7-5-4-6-20(21)32)12-13-28(19)18-10-8-17(9-11-18)22(3,29)23(24,25)26/h4-5,7-11,16,19,29H,6,12-15H2,1-3H3/t19-,22?/m0/s1. The maximum atomic E-state index is 13.3. The Balaban J connectivity index is 1.85. The Morgan fingerprint density at radius 3 is 2.36 bits per heavy atom. The number of alkyl halides is 3. The molecule has 1 heterocycles. The fourth-order valence-electron chi connectivity index (χ4n) is 4.16. The smallest absolute Gasteiger partial charge is 0.376 e. The second-order valence-corrected chi connectivity index (χ2v) is 11.4. The molecule has 33 heavy (non-hydrogen) atoms. The van der Waals surface area contributed by atoms with Crippen molar-refractivity contribution in [1.82, 2.24) is 4.31 Å². The van der Waals surface area contributed by atoms with Gasteiger partial charge in [-0.05, 0) is 43.0 Å². The van der Waals surface area contributed by atoms with Crippen LogP contribution < -0.4 is 4.90 Å². The summed E-state index contributed by atoms with van der Waals surface area (Å²) in [5, 5.41) is 9.93. The summed E-state index contributed by atoms with van der Waals surface area (Å²) in [5.41, 5.74) is -2.50. The molecule has 1 saturated heterocycles. The Kier molecular flexibility index (Phi) is 7.43. The number of benzene rings is 1. The molecular formula is C23H29F3N2O3S2. The first-order valence-corrected chi connectivity index (χ1v) is 12.7. The van der Waals surface area contributed by atoms with Gasteiger partial charge >= 0.3 is 6.18 Å². The van der Waals surface area contributed by atoms with E-state index in [0.717, 1.165) is 6.92 Å². The molecule has 0 radical (unpaired) electrons. The summed E-state index contributed by atoms with van der Waals surface area (Å²) < 4.78 is 67.5. The lowest BCUT2D eigenvalue weighted by molar-refractivity contribution is -0.258. The summed E-state index contributed by atoms with van der Waals surface area (Å²) in [5.74, 6) is 0.281. The van der Waals surface area contributed by atoms with Crippen LogP contribution in [-0.2, 0) is 15.6 Å². The molecule has 182 valence electrons. The number of sulfonamides is 1. The third-order valence-electron chi connectivity index (χ3n) is 6.08. The van der Waals surface area contributed by atoms with Gasteiger partial charge in [0.25, 0.3) is 0 Å². The van der Waals surface area contributed by atoms with E-state index in [2.05, 4.69) is 0 Å². The van der Waals surface area contributed by atoms with Crippen LogP contribution in [0.25, 0.3) is 0 Å². The molecule has 3 rings (SSSR count). The van der Waals surface area contributed by atoms with Gasteiger partial charge < -0.3 is 10.0 Å². The van der Waals surface area contributed by atoms with Crippen molar-refractivity contribution in [3.05, 3.63) is 53.0 Å². The minimum absolute atomic E-state index is 0.157. The van der Waals surface area contributed by atoms with Crippen molar-refractivity contribution >= 4 is 32.8 Å². The number of nitrogens with zero attached hydrogens (tertiary/aromatic N) is 2. The SMILES string of the molecule is CC(C)C[C@H]1CN(S(=O)(=O)C2=CC=CCC2=S)CCN1c1ccc(C(C)(O)C(F)(F)F)cc1. The Morgan fingerprint density at radius 1 is 1.18 bits per heavy atom. The zero-order chi connectivity index (χ0) is 24.6. The Labute approximate surface area is 198 Å². The molecule has 0 bridgehead atoms. The third kappa shape index (κ3) is 5.34. The Bertz CT molecular complexity index is 1050. The zero-order valence-corrected chi connectivity index (χ0v) is 20.5. The normalized spacial score (nSPS) is 22.4. The monoisotopic (exact) mass is 502 g/mol. The predicted octanol–water partition coefficient (Wildman–Crippen LogP) is 4.54. The van der Waals surface area contributed by atoms with Gasteiger partial charge in [0.05, 0.1) is 4.91 Å². The van der Waals surface area contributed by atoms with E-state index in [-0.39, 0.29) is 35.5 Å². The average molecular weight is 503 g/mol. The lowest BCUT2D eigenvalue weighted by Gasteiger charge is -2.43. The maximum absolute atomic E-state index is 13.3. The minimum Gasteiger partial charge on any atom is -0.376 e. The van der Waals surface area contributed by atoms with Crippen LogP contribution in [0.5, 0.6) is 0 Å². The van der Waals surface area contributed by atoms with Gasteiger partial charge in [-0.3, -0.25) is 0 Å². The Morgan fingerprint density at radius 2 is 1.82 bits per heavy atom. The van der Waals surface area contributed by atoms with Crippen LogP contribution in [0.4, 0.5) is 18.9 Å². The highest BCUT2D eigenvalue weighted by Gasteiger charge is 2.51. The molecule has 1 unspecified atom stereocenters. The second kappa shape index (κ2) is 9.48. The summed E-state index contributed by atoms with van der Waals surface area (Å²) >= 11 is 5.28. The van der Waals surface area contributed by atoms with Crippen molar-refractivity contribution in [1.29, 1.82) is 0 Å². The van der Waals surface area contributed by atoms with Gasteiger partial charge in [0.1, 0.15) is 0 Å². The quantitative estimate of drug-likeness (QED) is 0.579. The topological polar surface area (TPSA) is 60.9 Å². The highest BCUT2D eigenvalue weighted by atomic mass is 32.2. The summed E-state index contributed by atoms with van der Waals surface area (Å²) in [7, 11) is -3.73. The summed E-state index contributed by atoms with van der Waals surface area (Å²) in [6.45, 7) is 5.70. The Hall–Kier alpha value is -1.75. The zero-order valence-electron chi connectivity index (χ0n) is 18.8. The number of anilines is 1. The van der Waals surface area contributed by atoms with E-state index < -0.39 is 21.8 Å². The number of allylic oxidation sites excluding steroid dienone is 4. The molecule has 0 amide bonds. The van der Waals surface area contributed by atoms with Gasteiger partial charge in [0.15, 0.2) is 5.60 Å². The highest BCUT2D eigenvalue weighted by Crippen LogP contribution is 2.39. The van der Waals surface area contributed by atoms with E-state index in [9.17, 15) is 26.7 Å². The van der Waals surface area contributed by atoms with Crippen LogP contribution >= 0.6 is 12.2 Å². The molecule has 5 nitrogen and oxygen atoms in total. The predicted molar refractivity (Wildman–Crippen MR) is 128 cm³/mol. The van der Waals surface area contributed by atoms with Crippen LogP contribution in [-0.4, -0.2) is 54.5 Å². The van der Waals surface area contributed by atoms with E-state index in [4.69, 9.17) is 12.2 Å². The molecule has 2 atom stereocenters. The van der Waals surface area contributed by atoms with Gasteiger partial charge in [-0.2, -0.15) is 17.5 Å². The van der Waals surface area contributed by atoms with Crippen molar-refractivity contribution in [3.8, 4) is 0 Å².